The summed E-state index contributed by atoms with van der Waals surface area (Å²) in [6.45, 7) is 4.74. The first kappa shape index (κ1) is 74.2. The highest BCUT2D eigenvalue weighted by Gasteiger charge is 2.28. The van der Waals surface area contributed by atoms with Gasteiger partial charge in [0, 0.05) is 6.42 Å². The number of allylic oxidation sites excluding steroid dienone is 9. The van der Waals surface area contributed by atoms with E-state index in [1.54, 1.807) is 6.08 Å². The summed E-state index contributed by atoms with van der Waals surface area (Å²) in [7, 11) is 1.58. The number of unbranched alkanes of at least 4 members (excludes halogenated alkanes) is 39. The van der Waals surface area contributed by atoms with Gasteiger partial charge < -0.3 is 19.8 Å². The van der Waals surface area contributed by atoms with E-state index in [-0.39, 0.29) is 19.1 Å². The van der Waals surface area contributed by atoms with Crippen molar-refractivity contribution in [1.29, 1.82) is 0 Å². The molecular weight excluding hydrogens is 960 g/mol. The molecule has 0 saturated heterocycles. The first-order chi connectivity index (χ1) is 37.0. The Morgan fingerprint density at radius 3 is 1.16 bits per heavy atom. The largest absolute Gasteiger partial charge is 0.472 e. The van der Waals surface area contributed by atoms with Crippen molar-refractivity contribution >= 4 is 13.7 Å². The number of aliphatic hydroxyl groups is 1. The van der Waals surface area contributed by atoms with Crippen LogP contribution in [0.5, 0.6) is 0 Å². The number of quaternary nitrogens is 1. The van der Waals surface area contributed by atoms with E-state index in [1.165, 1.54) is 225 Å². The van der Waals surface area contributed by atoms with Crippen LogP contribution in [0.2, 0.25) is 0 Å². The monoisotopic (exact) mass is 1090 g/mol. The average molecular weight is 1090 g/mol. The van der Waals surface area contributed by atoms with Crippen molar-refractivity contribution in [3.63, 3.8) is 0 Å². The minimum atomic E-state index is -4.35. The Balaban J connectivity index is 4.12. The molecule has 0 aliphatic heterocycles. The fraction of sp³-hybridized carbons (Fsp3) is 0.836. The predicted octanol–water partition coefficient (Wildman–Crippen LogP) is 20.4. The van der Waals surface area contributed by atoms with Gasteiger partial charge in [-0.05, 0) is 57.8 Å². The van der Waals surface area contributed by atoms with Crippen molar-refractivity contribution in [2.24, 2.45) is 0 Å². The molecule has 0 aromatic heterocycles. The fourth-order valence-corrected chi connectivity index (χ4v) is 10.4. The SMILES string of the molecule is CC/C=C\C/C=C\C/C=C\C/C=C\CCCCCCCCCCCCCCCCC(=O)NC(COP(=O)(O)OCC[N+](C)(C)C)C(O)/C=C/CCCCCCCCCCCCCCCCCCCCCCCCCCC. The second-order valence-electron chi connectivity index (χ2n) is 23.5. The van der Waals surface area contributed by atoms with Crippen molar-refractivity contribution in [3.8, 4) is 0 Å². The third-order valence-electron chi connectivity index (χ3n) is 14.7. The number of aliphatic hydroxyl groups excluding tert-OH is 1. The van der Waals surface area contributed by atoms with E-state index in [1.807, 2.05) is 27.2 Å². The third-order valence-corrected chi connectivity index (χ3v) is 15.7. The molecular formula is C67H128N2O6P+. The Kier molecular flexibility index (Phi) is 56.5. The number of likely N-dealkylation sites (N-methyl/N-ethyl adjacent to an activating group) is 1. The lowest BCUT2D eigenvalue weighted by Gasteiger charge is -2.25. The lowest BCUT2D eigenvalue weighted by molar-refractivity contribution is -0.870. The molecule has 0 heterocycles. The van der Waals surface area contributed by atoms with Gasteiger partial charge in [-0.2, -0.15) is 0 Å². The second kappa shape index (κ2) is 57.9. The summed E-state index contributed by atoms with van der Waals surface area (Å²) in [5.41, 5.74) is 0. The van der Waals surface area contributed by atoms with Gasteiger partial charge in [0.1, 0.15) is 13.2 Å². The van der Waals surface area contributed by atoms with Crippen LogP contribution >= 0.6 is 7.82 Å². The molecule has 0 bridgehead atoms. The molecule has 0 fully saturated rings. The Hall–Kier alpha value is -1.80. The molecule has 3 unspecified atom stereocenters. The van der Waals surface area contributed by atoms with Crippen LogP contribution in [-0.4, -0.2) is 73.4 Å². The summed E-state index contributed by atoms with van der Waals surface area (Å²) in [5, 5.41) is 14.0. The molecule has 9 heteroatoms. The topological polar surface area (TPSA) is 105 Å². The highest BCUT2D eigenvalue weighted by atomic mass is 31.2. The van der Waals surface area contributed by atoms with Gasteiger partial charge in [-0.3, -0.25) is 13.8 Å². The first-order valence-electron chi connectivity index (χ1n) is 32.7. The zero-order valence-electron chi connectivity index (χ0n) is 51.0. The number of rotatable bonds is 60. The van der Waals surface area contributed by atoms with Crippen LogP contribution in [0.4, 0.5) is 0 Å². The standard InChI is InChI=1S/C67H127N2O6P/c1-6-8-10-12-14-16-18-20-22-24-26-28-30-32-34-36-38-40-42-44-46-48-50-52-54-56-58-60-66(70)65(64-75-76(72,73)74-63-62-69(3,4)5)68-67(71)61-59-57-55-53-51-49-47-45-43-41-39-37-35-33-31-29-27-25-23-21-19-17-15-13-11-9-7-2/h9,11,15,17,21,23,27,29,58,60,65-66,70H,6-8,10,12-14,16,18-20,22,24-26,28,30-57,59,61-64H2,1-5H3,(H-,68,71,72,73)/p+1/b11-9-,17-15-,23-21-,29-27-,60-58+. The summed E-state index contributed by atoms with van der Waals surface area (Å²) >= 11 is 0. The molecule has 0 aromatic rings. The molecule has 76 heavy (non-hydrogen) atoms. The van der Waals surface area contributed by atoms with Crippen molar-refractivity contribution in [1.82, 2.24) is 5.32 Å². The maximum atomic E-state index is 13.0. The number of hydrogen-bond acceptors (Lipinski definition) is 5. The molecule has 0 aromatic carbocycles. The zero-order valence-corrected chi connectivity index (χ0v) is 51.9. The lowest BCUT2D eigenvalue weighted by atomic mass is 10.0. The number of carbonyl (C=O) groups excluding carboxylic acids is 1. The van der Waals surface area contributed by atoms with Gasteiger partial charge in [0.25, 0.3) is 0 Å². The van der Waals surface area contributed by atoms with Crippen molar-refractivity contribution in [2.45, 2.75) is 321 Å². The van der Waals surface area contributed by atoms with Crippen LogP contribution in [0.25, 0.3) is 0 Å². The highest BCUT2D eigenvalue weighted by Crippen LogP contribution is 2.43. The van der Waals surface area contributed by atoms with Gasteiger partial charge >= 0.3 is 7.82 Å². The molecule has 0 radical (unpaired) electrons. The van der Waals surface area contributed by atoms with Crippen molar-refractivity contribution < 1.29 is 32.9 Å². The minimum Gasteiger partial charge on any atom is -0.387 e. The van der Waals surface area contributed by atoms with E-state index < -0.39 is 20.0 Å². The molecule has 446 valence electrons. The van der Waals surface area contributed by atoms with E-state index >= 15 is 0 Å². The van der Waals surface area contributed by atoms with Crippen LogP contribution in [0, 0.1) is 0 Å². The average Bonchev–Trinajstić information content (AvgIpc) is 3.38. The van der Waals surface area contributed by atoms with E-state index in [4.69, 9.17) is 9.05 Å². The van der Waals surface area contributed by atoms with Crippen LogP contribution in [0.3, 0.4) is 0 Å². The normalized spacial score (nSPS) is 14.1. The van der Waals surface area contributed by atoms with Crippen LogP contribution < -0.4 is 5.32 Å². The maximum Gasteiger partial charge on any atom is 0.472 e. The van der Waals surface area contributed by atoms with Crippen molar-refractivity contribution in [2.75, 3.05) is 40.9 Å². The van der Waals surface area contributed by atoms with Gasteiger partial charge in [0.2, 0.25) is 5.91 Å². The highest BCUT2D eigenvalue weighted by molar-refractivity contribution is 7.47. The van der Waals surface area contributed by atoms with Crippen molar-refractivity contribution in [3.05, 3.63) is 60.8 Å². The summed E-state index contributed by atoms with van der Waals surface area (Å²) < 4.78 is 23.8. The van der Waals surface area contributed by atoms with Crippen LogP contribution in [0.1, 0.15) is 309 Å². The Morgan fingerprint density at radius 2 is 0.789 bits per heavy atom. The molecule has 0 aliphatic carbocycles. The molecule has 0 rings (SSSR count). The number of nitrogens with zero attached hydrogens (tertiary/aromatic N) is 1. The summed E-state index contributed by atoms with van der Waals surface area (Å²) in [6, 6.07) is -0.850. The van der Waals surface area contributed by atoms with Gasteiger partial charge in [0.15, 0.2) is 0 Å². The number of carbonyl (C=O) groups is 1. The first-order valence-corrected chi connectivity index (χ1v) is 34.2. The molecule has 3 atom stereocenters. The molecule has 1 amide bonds. The molecule has 0 spiro atoms. The second-order valence-corrected chi connectivity index (χ2v) is 24.9. The van der Waals surface area contributed by atoms with E-state index in [2.05, 4.69) is 67.8 Å². The number of phosphoric ester groups is 1. The van der Waals surface area contributed by atoms with Crippen LogP contribution in [0.15, 0.2) is 60.8 Å². The Labute approximate surface area is 472 Å². The lowest BCUT2D eigenvalue weighted by Crippen LogP contribution is -2.45. The van der Waals surface area contributed by atoms with E-state index in [9.17, 15) is 19.4 Å². The van der Waals surface area contributed by atoms with Crippen LogP contribution in [-0.2, 0) is 18.4 Å². The van der Waals surface area contributed by atoms with Gasteiger partial charge in [-0.1, -0.05) is 306 Å². The van der Waals surface area contributed by atoms with E-state index in [0.717, 1.165) is 64.2 Å². The van der Waals surface area contributed by atoms with Gasteiger partial charge in [-0.25, -0.2) is 4.57 Å². The van der Waals surface area contributed by atoms with Gasteiger partial charge in [-0.15, -0.1) is 0 Å². The number of hydrogen-bond donors (Lipinski definition) is 3. The van der Waals surface area contributed by atoms with E-state index in [0.29, 0.717) is 17.4 Å². The number of amides is 1. The smallest absolute Gasteiger partial charge is 0.387 e. The predicted molar refractivity (Wildman–Crippen MR) is 332 cm³/mol. The summed E-state index contributed by atoms with van der Waals surface area (Å²) in [4.78, 5) is 23.4. The minimum absolute atomic E-state index is 0.0609. The maximum absolute atomic E-state index is 13.0. The Morgan fingerprint density at radius 1 is 0.461 bits per heavy atom. The third kappa shape index (κ3) is 59.9. The molecule has 8 nitrogen and oxygen atoms in total. The molecule has 0 aliphatic rings. The molecule has 3 N–H and O–H groups in total. The fourth-order valence-electron chi connectivity index (χ4n) is 9.68. The number of nitrogens with one attached hydrogen (secondary N) is 1. The Bertz CT molecular complexity index is 1420. The summed E-state index contributed by atoms with van der Waals surface area (Å²) in [6.07, 6.45) is 79.2. The van der Waals surface area contributed by atoms with Gasteiger partial charge in [0.05, 0.1) is 39.9 Å². The zero-order chi connectivity index (χ0) is 55.6. The molecule has 0 saturated carbocycles. The summed E-state index contributed by atoms with van der Waals surface area (Å²) in [5.74, 6) is -0.175. The number of phosphoric acid groups is 1. The quantitative estimate of drug-likeness (QED) is 0.0243.